The molecule has 0 bridgehead atoms. The van der Waals surface area contributed by atoms with Crippen LogP contribution in [0.1, 0.15) is 52.4 Å². The Hall–Kier alpha value is -0.393. The van der Waals surface area contributed by atoms with E-state index in [-0.39, 0.29) is 6.42 Å². The van der Waals surface area contributed by atoms with Gasteiger partial charge < -0.3 is 14.0 Å². The largest absolute Gasteiger partial charge is 0.481 e. The van der Waals surface area contributed by atoms with Crippen molar-refractivity contribution in [3.05, 3.63) is 0 Å². The molecule has 0 aliphatic heterocycles. The second-order valence-corrected chi connectivity index (χ2v) is 8.13. The Kier molecular flexibility index (Phi) is 10.3. The third kappa shape index (κ3) is 9.62. The van der Waals surface area contributed by atoms with Gasteiger partial charge >= 0.3 is 14.5 Å². The van der Waals surface area contributed by atoms with Gasteiger partial charge in [-0.05, 0) is 31.9 Å². The molecule has 0 amide bonds. The molecule has 0 aromatic rings. The number of hydrogen-bond donors (Lipinski definition) is 1. The fourth-order valence-corrected chi connectivity index (χ4v) is 3.95. The van der Waals surface area contributed by atoms with Gasteiger partial charge in [-0.25, -0.2) is 0 Å². The van der Waals surface area contributed by atoms with E-state index < -0.39 is 14.5 Å². The minimum atomic E-state index is -2.15. The molecule has 0 fully saturated rings. The Morgan fingerprint density at radius 3 is 1.94 bits per heavy atom. The van der Waals surface area contributed by atoms with Gasteiger partial charge in [0.2, 0.25) is 0 Å². The van der Waals surface area contributed by atoms with Crippen LogP contribution in [-0.2, 0) is 13.6 Å². The lowest BCUT2D eigenvalue weighted by Crippen LogP contribution is -2.39. The van der Waals surface area contributed by atoms with E-state index in [4.69, 9.17) is 14.0 Å². The molecule has 0 atom stereocenters. The van der Waals surface area contributed by atoms with Crippen LogP contribution in [0, 0.1) is 0 Å². The first-order valence-corrected chi connectivity index (χ1v) is 9.56. The summed E-state index contributed by atoms with van der Waals surface area (Å²) in [6.07, 6.45) is 5.15. The SMILES string of the molecule is CCCCO[Si](C)(CCCC(=O)O)OCCCC. The zero-order valence-electron chi connectivity index (χ0n) is 12.0. The molecule has 0 heterocycles. The van der Waals surface area contributed by atoms with Crippen molar-refractivity contribution in [3.63, 3.8) is 0 Å². The summed E-state index contributed by atoms with van der Waals surface area (Å²) in [6.45, 7) is 7.78. The average molecular weight is 276 g/mol. The van der Waals surface area contributed by atoms with Crippen LogP contribution in [-0.4, -0.2) is 32.9 Å². The lowest BCUT2D eigenvalue weighted by molar-refractivity contribution is -0.137. The number of carboxylic acids is 1. The second-order valence-electron chi connectivity index (χ2n) is 4.79. The Morgan fingerprint density at radius 2 is 1.56 bits per heavy atom. The third-order valence-corrected chi connectivity index (χ3v) is 5.72. The fourth-order valence-electron chi connectivity index (χ4n) is 1.61. The predicted octanol–water partition coefficient (Wildman–Crippen LogP) is 3.56. The van der Waals surface area contributed by atoms with Gasteiger partial charge in [0.1, 0.15) is 0 Å². The summed E-state index contributed by atoms with van der Waals surface area (Å²) < 4.78 is 11.8. The van der Waals surface area contributed by atoms with E-state index in [0.29, 0.717) is 6.42 Å². The van der Waals surface area contributed by atoms with Crippen LogP contribution in [0.25, 0.3) is 0 Å². The van der Waals surface area contributed by atoms with Gasteiger partial charge in [-0.2, -0.15) is 0 Å². The molecule has 0 aromatic heterocycles. The summed E-state index contributed by atoms with van der Waals surface area (Å²) >= 11 is 0. The second kappa shape index (κ2) is 10.5. The monoisotopic (exact) mass is 276 g/mol. The number of carboxylic acid groups (broad SMARTS) is 1. The Balaban J connectivity index is 4.06. The maximum absolute atomic E-state index is 10.5. The summed E-state index contributed by atoms with van der Waals surface area (Å²) in [5.41, 5.74) is 0. The van der Waals surface area contributed by atoms with Crippen molar-refractivity contribution >= 4 is 14.5 Å². The normalized spacial score (nSPS) is 11.7. The quantitative estimate of drug-likeness (QED) is 0.437. The van der Waals surface area contributed by atoms with Crippen molar-refractivity contribution < 1.29 is 18.8 Å². The van der Waals surface area contributed by atoms with E-state index in [9.17, 15) is 4.79 Å². The standard InChI is InChI=1S/C13H28O4Si/c1-4-6-10-16-18(3,17-11-7-5-2)12-8-9-13(14)15/h4-12H2,1-3H3,(H,14,15). The van der Waals surface area contributed by atoms with Crippen molar-refractivity contribution in [2.75, 3.05) is 13.2 Å². The highest BCUT2D eigenvalue weighted by atomic mass is 28.4. The topological polar surface area (TPSA) is 55.8 Å². The highest BCUT2D eigenvalue weighted by molar-refractivity contribution is 6.66. The van der Waals surface area contributed by atoms with Gasteiger partial charge in [-0.15, -0.1) is 0 Å². The molecule has 0 rings (SSSR count). The molecule has 108 valence electrons. The molecule has 0 saturated heterocycles. The fraction of sp³-hybridized carbons (Fsp3) is 0.923. The van der Waals surface area contributed by atoms with E-state index in [0.717, 1.165) is 44.9 Å². The first-order valence-electron chi connectivity index (χ1n) is 7.03. The van der Waals surface area contributed by atoms with Gasteiger partial charge in [0.25, 0.3) is 0 Å². The maximum atomic E-state index is 10.5. The summed E-state index contributed by atoms with van der Waals surface area (Å²) in [4.78, 5) is 10.5. The zero-order chi connectivity index (χ0) is 13.9. The maximum Gasteiger partial charge on any atom is 0.334 e. The molecule has 18 heavy (non-hydrogen) atoms. The van der Waals surface area contributed by atoms with Crippen LogP contribution in [0.5, 0.6) is 0 Å². The minimum absolute atomic E-state index is 0.205. The Bertz CT molecular complexity index is 211. The molecule has 0 saturated carbocycles. The van der Waals surface area contributed by atoms with Gasteiger partial charge in [-0.1, -0.05) is 26.7 Å². The highest BCUT2D eigenvalue weighted by Gasteiger charge is 2.30. The highest BCUT2D eigenvalue weighted by Crippen LogP contribution is 2.18. The van der Waals surface area contributed by atoms with Gasteiger partial charge in [0.15, 0.2) is 0 Å². The molecule has 1 N–H and O–H groups in total. The number of hydrogen-bond acceptors (Lipinski definition) is 3. The van der Waals surface area contributed by atoms with Gasteiger partial charge in [0.05, 0.1) is 0 Å². The van der Waals surface area contributed by atoms with E-state index in [2.05, 4.69) is 20.4 Å². The predicted molar refractivity (Wildman–Crippen MR) is 75.0 cm³/mol. The van der Waals surface area contributed by atoms with Gasteiger partial charge in [0, 0.05) is 19.6 Å². The smallest absolute Gasteiger partial charge is 0.334 e. The molecule has 0 spiro atoms. The Morgan fingerprint density at radius 1 is 1.06 bits per heavy atom. The first kappa shape index (κ1) is 17.6. The summed E-state index contributed by atoms with van der Waals surface area (Å²) in [5.74, 6) is -0.742. The number of carbonyl (C=O) groups is 1. The van der Waals surface area contributed by atoms with E-state index in [1.165, 1.54) is 0 Å². The molecule has 0 aliphatic rings. The van der Waals surface area contributed by atoms with Crippen LogP contribution < -0.4 is 0 Å². The van der Waals surface area contributed by atoms with E-state index in [1.54, 1.807) is 0 Å². The molecule has 4 nitrogen and oxygen atoms in total. The number of unbranched alkanes of at least 4 members (excludes halogenated alkanes) is 2. The number of rotatable bonds is 12. The molecular formula is C13H28O4Si. The summed E-state index contributed by atoms with van der Waals surface area (Å²) in [6, 6.07) is 0.771. The van der Waals surface area contributed by atoms with Gasteiger partial charge in [-0.3, -0.25) is 4.79 Å². The molecular weight excluding hydrogens is 248 g/mol. The summed E-state index contributed by atoms with van der Waals surface area (Å²) in [7, 11) is -2.15. The van der Waals surface area contributed by atoms with Crippen molar-refractivity contribution in [2.24, 2.45) is 0 Å². The number of aliphatic carboxylic acids is 1. The molecule has 5 heteroatoms. The molecule has 0 unspecified atom stereocenters. The molecule has 0 aliphatic carbocycles. The Labute approximate surface area is 112 Å². The third-order valence-electron chi connectivity index (χ3n) is 2.83. The van der Waals surface area contributed by atoms with Crippen LogP contribution in [0.2, 0.25) is 12.6 Å². The molecule has 0 radical (unpaired) electrons. The van der Waals surface area contributed by atoms with Crippen LogP contribution in [0.4, 0.5) is 0 Å². The first-order chi connectivity index (χ1) is 8.54. The molecule has 0 aromatic carbocycles. The lowest BCUT2D eigenvalue weighted by atomic mass is 10.3. The lowest BCUT2D eigenvalue weighted by Gasteiger charge is -2.27. The minimum Gasteiger partial charge on any atom is -0.481 e. The zero-order valence-corrected chi connectivity index (χ0v) is 13.0. The van der Waals surface area contributed by atoms with Crippen LogP contribution in [0.3, 0.4) is 0 Å². The summed E-state index contributed by atoms with van der Waals surface area (Å²) in [5, 5.41) is 8.67. The van der Waals surface area contributed by atoms with Crippen LogP contribution >= 0.6 is 0 Å². The van der Waals surface area contributed by atoms with Crippen molar-refractivity contribution in [1.82, 2.24) is 0 Å². The van der Waals surface area contributed by atoms with E-state index in [1.807, 2.05) is 0 Å². The van der Waals surface area contributed by atoms with Crippen LogP contribution in [0.15, 0.2) is 0 Å². The van der Waals surface area contributed by atoms with E-state index >= 15 is 0 Å². The van der Waals surface area contributed by atoms with Crippen molar-refractivity contribution in [2.45, 2.75) is 65.0 Å². The average Bonchev–Trinajstić information content (AvgIpc) is 2.29. The van der Waals surface area contributed by atoms with Crippen molar-refractivity contribution in [3.8, 4) is 0 Å². The van der Waals surface area contributed by atoms with Crippen molar-refractivity contribution in [1.29, 1.82) is 0 Å².